The van der Waals surface area contributed by atoms with Gasteiger partial charge in [0.15, 0.2) is 0 Å². The summed E-state index contributed by atoms with van der Waals surface area (Å²) < 4.78 is 0.517. The molecule has 2 saturated heterocycles. The Balaban J connectivity index is 1.79. The fraction of sp³-hybridized carbons (Fsp3) is 0.571. The maximum Gasteiger partial charge on any atom is 0.283 e. The molecule has 2 heterocycles. The molecule has 1 aromatic rings. The summed E-state index contributed by atoms with van der Waals surface area (Å²) in [5.74, 6) is 0. The number of rotatable bonds is 3. The first kappa shape index (κ1) is 14.0. The highest BCUT2D eigenvalue weighted by Crippen LogP contribution is 2.37. The number of nitrogens with zero attached hydrogens (tertiary/aromatic N) is 2. The van der Waals surface area contributed by atoms with Gasteiger partial charge in [0.2, 0.25) is 0 Å². The Labute approximate surface area is 125 Å². The predicted octanol–water partition coefficient (Wildman–Crippen LogP) is 2.85. The molecule has 0 radical (unpaired) electrons. The number of nitro groups is 1. The quantitative estimate of drug-likeness (QED) is 0.678. The minimum Gasteiger partial charge on any atom is -0.393 e. The molecule has 2 aliphatic rings. The largest absolute Gasteiger partial charge is 0.393 e. The molecule has 1 N–H and O–H groups in total. The molecule has 0 aromatic heterocycles. The summed E-state index contributed by atoms with van der Waals surface area (Å²) in [6.45, 7) is 0.732. The van der Waals surface area contributed by atoms with Gasteiger partial charge >= 0.3 is 0 Å². The molecule has 2 unspecified atom stereocenters. The summed E-state index contributed by atoms with van der Waals surface area (Å²) in [6.07, 6.45) is 3.73. The van der Waals surface area contributed by atoms with Gasteiger partial charge in [0, 0.05) is 24.7 Å². The Morgan fingerprint density at radius 1 is 1.35 bits per heavy atom. The van der Waals surface area contributed by atoms with E-state index >= 15 is 0 Å². The van der Waals surface area contributed by atoms with Crippen molar-refractivity contribution in [3.8, 4) is 0 Å². The molecule has 0 aliphatic carbocycles. The molecule has 2 bridgehead atoms. The van der Waals surface area contributed by atoms with Crippen LogP contribution in [0.1, 0.15) is 31.2 Å². The van der Waals surface area contributed by atoms with E-state index in [4.69, 9.17) is 0 Å². The third-order valence-corrected chi connectivity index (χ3v) is 5.10. The van der Waals surface area contributed by atoms with Gasteiger partial charge in [0.25, 0.3) is 5.69 Å². The van der Waals surface area contributed by atoms with E-state index in [1.807, 2.05) is 6.07 Å². The zero-order valence-electron chi connectivity index (χ0n) is 11.0. The fourth-order valence-corrected chi connectivity index (χ4v) is 3.90. The highest BCUT2D eigenvalue weighted by Gasteiger charge is 2.39. The van der Waals surface area contributed by atoms with Gasteiger partial charge in [-0.05, 0) is 53.2 Å². The Morgan fingerprint density at radius 2 is 2.00 bits per heavy atom. The average Bonchev–Trinajstić information content (AvgIpc) is 2.63. The second kappa shape index (κ2) is 5.42. The van der Waals surface area contributed by atoms with E-state index in [9.17, 15) is 15.2 Å². The zero-order valence-corrected chi connectivity index (χ0v) is 12.6. The topological polar surface area (TPSA) is 66.6 Å². The van der Waals surface area contributed by atoms with Gasteiger partial charge in [0.05, 0.1) is 15.5 Å². The first-order valence-corrected chi connectivity index (χ1v) is 7.70. The summed E-state index contributed by atoms with van der Waals surface area (Å²) in [7, 11) is 0. The molecule has 6 heteroatoms. The van der Waals surface area contributed by atoms with Crippen LogP contribution < -0.4 is 0 Å². The lowest BCUT2D eigenvalue weighted by Gasteiger charge is -2.37. The van der Waals surface area contributed by atoms with E-state index < -0.39 is 0 Å². The molecular weight excluding hydrogens is 324 g/mol. The number of piperidine rings is 1. The third-order valence-electron chi connectivity index (χ3n) is 4.43. The second-order valence-corrected chi connectivity index (χ2v) is 6.58. The van der Waals surface area contributed by atoms with Crippen LogP contribution in [0.3, 0.4) is 0 Å². The number of hydrogen-bond acceptors (Lipinski definition) is 4. The van der Waals surface area contributed by atoms with Crippen LogP contribution >= 0.6 is 15.9 Å². The van der Waals surface area contributed by atoms with E-state index in [0.717, 1.165) is 37.8 Å². The van der Waals surface area contributed by atoms with Crippen LogP contribution in [0.5, 0.6) is 0 Å². The molecule has 0 saturated carbocycles. The SMILES string of the molecule is O=[N+]([O-])c1cc(CN2C3CCC2CC(O)C3)ccc1Br. The van der Waals surface area contributed by atoms with Gasteiger partial charge in [-0.15, -0.1) is 0 Å². The van der Waals surface area contributed by atoms with Crippen LogP contribution in [-0.4, -0.2) is 33.1 Å². The highest BCUT2D eigenvalue weighted by atomic mass is 79.9. The van der Waals surface area contributed by atoms with Crippen molar-refractivity contribution in [3.63, 3.8) is 0 Å². The number of halogens is 1. The van der Waals surface area contributed by atoms with Gasteiger partial charge in [0.1, 0.15) is 0 Å². The van der Waals surface area contributed by atoms with Crippen LogP contribution in [0.4, 0.5) is 5.69 Å². The molecule has 108 valence electrons. The monoisotopic (exact) mass is 340 g/mol. The van der Waals surface area contributed by atoms with Crippen molar-refractivity contribution in [2.75, 3.05) is 0 Å². The molecule has 2 fully saturated rings. The number of aliphatic hydroxyl groups is 1. The number of aliphatic hydroxyl groups excluding tert-OH is 1. The predicted molar refractivity (Wildman–Crippen MR) is 78.4 cm³/mol. The molecule has 20 heavy (non-hydrogen) atoms. The molecular formula is C14H17BrN2O3. The molecule has 1 aromatic carbocycles. The van der Waals surface area contributed by atoms with Gasteiger partial charge in [-0.3, -0.25) is 15.0 Å². The number of nitro benzene ring substituents is 1. The lowest BCUT2D eigenvalue weighted by Crippen LogP contribution is -2.44. The van der Waals surface area contributed by atoms with Gasteiger partial charge in [-0.2, -0.15) is 0 Å². The molecule has 2 aliphatic heterocycles. The highest BCUT2D eigenvalue weighted by molar-refractivity contribution is 9.10. The maximum absolute atomic E-state index is 11.0. The molecule has 5 nitrogen and oxygen atoms in total. The molecule has 2 atom stereocenters. The normalized spacial score (nSPS) is 29.6. The van der Waals surface area contributed by atoms with Crippen molar-refractivity contribution in [2.24, 2.45) is 0 Å². The van der Waals surface area contributed by atoms with Crippen LogP contribution in [-0.2, 0) is 6.54 Å². The Morgan fingerprint density at radius 3 is 2.60 bits per heavy atom. The van der Waals surface area contributed by atoms with Gasteiger partial charge in [-0.25, -0.2) is 0 Å². The third kappa shape index (κ3) is 2.60. The summed E-state index contributed by atoms with van der Waals surface area (Å²) in [4.78, 5) is 13.0. The van der Waals surface area contributed by atoms with Crippen molar-refractivity contribution in [1.29, 1.82) is 0 Å². The van der Waals surface area contributed by atoms with Crippen molar-refractivity contribution in [2.45, 2.75) is 50.4 Å². The average molecular weight is 341 g/mol. The zero-order chi connectivity index (χ0) is 14.3. The van der Waals surface area contributed by atoms with Crippen LogP contribution in [0.15, 0.2) is 22.7 Å². The molecule has 3 rings (SSSR count). The number of hydrogen-bond donors (Lipinski definition) is 1. The lowest BCUT2D eigenvalue weighted by molar-refractivity contribution is -0.385. The number of fused-ring (bicyclic) bond motifs is 2. The minimum absolute atomic E-state index is 0.117. The fourth-order valence-electron chi connectivity index (χ4n) is 3.51. The smallest absolute Gasteiger partial charge is 0.283 e. The van der Waals surface area contributed by atoms with Crippen LogP contribution in [0, 0.1) is 10.1 Å². The first-order valence-electron chi connectivity index (χ1n) is 6.91. The van der Waals surface area contributed by atoms with Crippen molar-refractivity contribution < 1.29 is 10.0 Å². The Kier molecular flexibility index (Phi) is 3.79. The first-order chi connectivity index (χ1) is 9.54. The van der Waals surface area contributed by atoms with Crippen molar-refractivity contribution in [3.05, 3.63) is 38.3 Å². The van der Waals surface area contributed by atoms with E-state index in [1.165, 1.54) is 0 Å². The van der Waals surface area contributed by atoms with Crippen LogP contribution in [0.2, 0.25) is 0 Å². The van der Waals surface area contributed by atoms with Gasteiger partial charge in [-0.1, -0.05) is 6.07 Å². The van der Waals surface area contributed by atoms with E-state index in [2.05, 4.69) is 20.8 Å². The van der Waals surface area contributed by atoms with Crippen molar-refractivity contribution >= 4 is 21.6 Å². The summed E-state index contributed by atoms with van der Waals surface area (Å²) >= 11 is 3.21. The maximum atomic E-state index is 11.0. The lowest BCUT2D eigenvalue weighted by atomic mass is 9.99. The summed E-state index contributed by atoms with van der Waals surface area (Å²) in [6, 6.07) is 6.17. The van der Waals surface area contributed by atoms with Gasteiger partial charge < -0.3 is 5.11 Å². The number of benzene rings is 1. The standard InChI is InChI=1S/C14H17BrN2O3/c15-13-4-1-9(5-14(13)17(19)20)8-16-10-2-3-11(16)7-12(18)6-10/h1,4-5,10-12,18H,2-3,6-8H2. The van der Waals surface area contributed by atoms with Crippen LogP contribution in [0.25, 0.3) is 0 Å². The minimum atomic E-state index is -0.359. The van der Waals surface area contributed by atoms with E-state index in [0.29, 0.717) is 16.6 Å². The van der Waals surface area contributed by atoms with E-state index in [-0.39, 0.29) is 16.7 Å². The molecule has 0 amide bonds. The summed E-state index contributed by atoms with van der Waals surface area (Å²) in [5.41, 5.74) is 1.08. The Bertz CT molecular complexity index is 523. The molecule has 0 spiro atoms. The summed E-state index contributed by atoms with van der Waals surface area (Å²) in [5, 5.41) is 20.8. The van der Waals surface area contributed by atoms with Crippen molar-refractivity contribution in [1.82, 2.24) is 4.90 Å². The Hall–Kier alpha value is -0.980. The van der Waals surface area contributed by atoms with E-state index in [1.54, 1.807) is 12.1 Å². The second-order valence-electron chi connectivity index (χ2n) is 5.73.